The second kappa shape index (κ2) is 7.84. The molecule has 32 heavy (non-hydrogen) atoms. The molecule has 0 unspecified atom stereocenters. The van der Waals surface area contributed by atoms with Gasteiger partial charge in [-0.1, -0.05) is 24.3 Å². The number of hydrogen-bond donors (Lipinski definition) is 3. The van der Waals surface area contributed by atoms with Gasteiger partial charge >= 0.3 is 0 Å². The van der Waals surface area contributed by atoms with Gasteiger partial charge in [-0.15, -0.1) is 0 Å². The first kappa shape index (κ1) is 19.3. The molecular formula is C24H17N5O3. The van der Waals surface area contributed by atoms with Crippen LogP contribution in [0, 0.1) is 0 Å². The summed E-state index contributed by atoms with van der Waals surface area (Å²) in [6.07, 6.45) is 6.28. The topological polar surface area (TPSA) is 127 Å². The summed E-state index contributed by atoms with van der Waals surface area (Å²) in [5, 5.41) is 3.73. The SMILES string of the molecule is NC(=O)c1cccc(C(=O)Nc2cnc3[nH]ccc3c2)c1-c1cccc(-c2cnco2)c1. The molecule has 0 saturated heterocycles. The van der Waals surface area contributed by atoms with Crippen molar-refractivity contribution in [2.45, 2.75) is 0 Å². The number of H-pyrrole nitrogens is 1. The van der Waals surface area contributed by atoms with Crippen molar-refractivity contribution >= 4 is 28.5 Å². The van der Waals surface area contributed by atoms with Crippen LogP contribution in [0.25, 0.3) is 33.5 Å². The fraction of sp³-hybridized carbons (Fsp3) is 0. The van der Waals surface area contributed by atoms with E-state index in [0.29, 0.717) is 28.1 Å². The summed E-state index contributed by atoms with van der Waals surface area (Å²) >= 11 is 0. The highest BCUT2D eigenvalue weighted by atomic mass is 16.3. The van der Waals surface area contributed by atoms with Gasteiger partial charge in [0, 0.05) is 33.8 Å². The minimum Gasteiger partial charge on any atom is -0.444 e. The van der Waals surface area contributed by atoms with Gasteiger partial charge in [0.2, 0.25) is 5.91 Å². The number of carbonyl (C=O) groups is 2. The number of nitrogens with two attached hydrogens (primary N) is 1. The smallest absolute Gasteiger partial charge is 0.256 e. The van der Waals surface area contributed by atoms with Crippen molar-refractivity contribution in [3.05, 3.63) is 90.7 Å². The van der Waals surface area contributed by atoms with E-state index < -0.39 is 5.91 Å². The average Bonchev–Trinajstić information content (AvgIpc) is 3.50. The lowest BCUT2D eigenvalue weighted by Crippen LogP contribution is -2.18. The van der Waals surface area contributed by atoms with Gasteiger partial charge < -0.3 is 20.5 Å². The van der Waals surface area contributed by atoms with Gasteiger partial charge in [0.1, 0.15) is 5.65 Å². The van der Waals surface area contributed by atoms with Gasteiger partial charge in [-0.2, -0.15) is 0 Å². The lowest BCUT2D eigenvalue weighted by atomic mass is 9.92. The van der Waals surface area contributed by atoms with Gasteiger partial charge in [0.15, 0.2) is 12.2 Å². The fourth-order valence-corrected chi connectivity index (χ4v) is 3.65. The number of anilines is 1. The molecular weight excluding hydrogens is 406 g/mol. The van der Waals surface area contributed by atoms with Crippen molar-refractivity contribution < 1.29 is 14.0 Å². The van der Waals surface area contributed by atoms with E-state index in [1.165, 1.54) is 6.39 Å². The number of aromatic nitrogens is 3. The Morgan fingerprint density at radius 3 is 2.59 bits per heavy atom. The van der Waals surface area contributed by atoms with E-state index in [0.717, 1.165) is 16.6 Å². The van der Waals surface area contributed by atoms with E-state index >= 15 is 0 Å². The number of hydrogen-bond acceptors (Lipinski definition) is 5. The van der Waals surface area contributed by atoms with Crippen LogP contribution in [0.15, 0.2) is 84.0 Å². The molecule has 0 aliphatic rings. The second-order valence-electron chi connectivity index (χ2n) is 7.13. The summed E-state index contributed by atoms with van der Waals surface area (Å²) in [6, 6.07) is 15.9. The van der Waals surface area contributed by atoms with Crippen molar-refractivity contribution in [3.63, 3.8) is 0 Å². The molecule has 0 aliphatic heterocycles. The fourth-order valence-electron chi connectivity index (χ4n) is 3.65. The van der Waals surface area contributed by atoms with Crippen molar-refractivity contribution in [1.29, 1.82) is 0 Å². The van der Waals surface area contributed by atoms with E-state index in [2.05, 4.69) is 20.3 Å². The van der Waals surface area contributed by atoms with E-state index in [1.807, 2.05) is 36.4 Å². The minimum atomic E-state index is -0.630. The van der Waals surface area contributed by atoms with Gasteiger partial charge in [-0.25, -0.2) is 9.97 Å². The normalized spacial score (nSPS) is 10.9. The first-order chi connectivity index (χ1) is 15.6. The predicted octanol–water partition coefficient (Wildman–Crippen LogP) is 4.24. The summed E-state index contributed by atoms with van der Waals surface area (Å²) in [5.74, 6) is -0.444. The molecule has 2 aromatic carbocycles. The molecule has 0 saturated carbocycles. The van der Waals surface area contributed by atoms with E-state index in [9.17, 15) is 9.59 Å². The highest BCUT2D eigenvalue weighted by molar-refractivity contribution is 6.13. The zero-order valence-corrected chi connectivity index (χ0v) is 16.7. The van der Waals surface area contributed by atoms with E-state index in [1.54, 1.807) is 36.8 Å². The maximum atomic E-state index is 13.2. The van der Waals surface area contributed by atoms with Gasteiger partial charge in [0.05, 0.1) is 18.1 Å². The molecule has 2 amide bonds. The average molecular weight is 423 g/mol. The zero-order valence-electron chi connectivity index (χ0n) is 16.7. The number of nitrogens with zero attached hydrogens (tertiary/aromatic N) is 2. The van der Waals surface area contributed by atoms with Crippen LogP contribution in [0.4, 0.5) is 5.69 Å². The number of aromatic amines is 1. The number of fused-ring (bicyclic) bond motifs is 1. The second-order valence-corrected chi connectivity index (χ2v) is 7.13. The Kier molecular flexibility index (Phi) is 4.72. The third kappa shape index (κ3) is 3.50. The van der Waals surface area contributed by atoms with Crippen LogP contribution in [0.5, 0.6) is 0 Å². The Hall–Kier alpha value is -4.72. The number of rotatable bonds is 5. The lowest BCUT2D eigenvalue weighted by molar-refractivity contribution is 0.100. The Morgan fingerprint density at radius 1 is 0.969 bits per heavy atom. The van der Waals surface area contributed by atoms with Crippen LogP contribution in [-0.4, -0.2) is 26.8 Å². The molecule has 8 heteroatoms. The summed E-state index contributed by atoms with van der Waals surface area (Å²) in [7, 11) is 0. The third-order valence-electron chi connectivity index (χ3n) is 5.10. The van der Waals surface area contributed by atoms with Crippen molar-refractivity contribution in [2.75, 3.05) is 5.32 Å². The summed E-state index contributed by atoms with van der Waals surface area (Å²) in [5.41, 5.74) is 9.30. The predicted molar refractivity (Wildman–Crippen MR) is 120 cm³/mol. The standard InChI is InChI=1S/C24H17N5O3/c25-22(30)18-5-2-6-19(24(31)29-17-10-16-7-8-27-23(16)28-11-17)21(18)15-4-1-3-14(9-15)20-12-26-13-32-20/h1-13H,(H2,25,30)(H,27,28)(H,29,31). The van der Waals surface area contributed by atoms with Crippen LogP contribution < -0.4 is 11.1 Å². The summed E-state index contributed by atoms with van der Waals surface area (Å²) in [4.78, 5) is 36.7. The molecule has 4 N–H and O–H groups in total. The van der Waals surface area contributed by atoms with Crippen LogP contribution in [0.3, 0.4) is 0 Å². The molecule has 0 spiro atoms. The van der Waals surface area contributed by atoms with Crippen molar-refractivity contribution in [2.24, 2.45) is 5.73 Å². The number of pyridine rings is 1. The van der Waals surface area contributed by atoms with Crippen molar-refractivity contribution in [1.82, 2.24) is 15.0 Å². The number of primary amides is 1. The highest BCUT2D eigenvalue weighted by Gasteiger charge is 2.20. The molecule has 0 atom stereocenters. The van der Waals surface area contributed by atoms with Crippen LogP contribution in [-0.2, 0) is 0 Å². The molecule has 5 rings (SSSR count). The van der Waals surface area contributed by atoms with Gasteiger partial charge in [-0.05, 0) is 35.9 Å². The van der Waals surface area contributed by atoms with E-state index in [4.69, 9.17) is 10.2 Å². The quantitative estimate of drug-likeness (QED) is 0.390. The molecule has 156 valence electrons. The van der Waals surface area contributed by atoms with Gasteiger partial charge in [-0.3, -0.25) is 9.59 Å². The van der Waals surface area contributed by atoms with Crippen molar-refractivity contribution in [3.8, 4) is 22.5 Å². The number of amides is 2. The molecule has 3 aromatic heterocycles. The molecule has 0 aliphatic carbocycles. The third-order valence-corrected chi connectivity index (χ3v) is 5.10. The lowest BCUT2D eigenvalue weighted by Gasteiger charge is -2.14. The monoisotopic (exact) mass is 423 g/mol. The maximum Gasteiger partial charge on any atom is 0.256 e. The summed E-state index contributed by atoms with van der Waals surface area (Å²) < 4.78 is 5.38. The number of carbonyl (C=O) groups excluding carboxylic acids is 2. The summed E-state index contributed by atoms with van der Waals surface area (Å²) in [6.45, 7) is 0. The van der Waals surface area contributed by atoms with E-state index in [-0.39, 0.29) is 11.5 Å². The van der Waals surface area contributed by atoms with Crippen LogP contribution >= 0.6 is 0 Å². The largest absolute Gasteiger partial charge is 0.444 e. The van der Waals surface area contributed by atoms with Crippen LogP contribution in [0.1, 0.15) is 20.7 Å². The minimum absolute atomic E-state index is 0.242. The molecule has 0 fully saturated rings. The number of oxazole rings is 1. The molecule has 0 radical (unpaired) electrons. The zero-order chi connectivity index (χ0) is 22.1. The Bertz CT molecular complexity index is 1450. The molecule has 3 heterocycles. The Balaban J connectivity index is 1.59. The van der Waals surface area contributed by atoms with Crippen LogP contribution in [0.2, 0.25) is 0 Å². The Morgan fingerprint density at radius 2 is 1.78 bits per heavy atom. The number of benzene rings is 2. The molecule has 0 bridgehead atoms. The number of nitrogens with one attached hydrogen (secondary N) is 2. The Labute approximate surface area is 182 Å². The molecule has 8 nitrogen and oxygen atoms in total. The first-order valence-electron chi connectivity index (χ1n) is 9.77. The highest BCUT2D eigenvalue weighted by Crippen LogP contribution is 2.32. The first-order valence-corrected chi connectivity index (χ1v) is 9.77. The van der Waals surface area contributed by atoms with Gasteiger partial charge in [0.25, 0.3) is 5.91 Å². The molecule has 5 aromatic rings. The maximum absolute atomic E-state index is 13.2.